The van der Waals surface area contributed by atoms with Gasteiger partial charge in [0.1, 0.15) is 0 Å². The first-order chi connectivity index (χ1) is 4.48. The first-order valence-electron chi connectivity index (χ1n) is 3.18. The molecule has 0 heterocycles. The highest BCUT2D eigenvalue weighted by Gasteiger charge is 2.08. The zero-order valence-electron chi connectivity index (χ0n) is 6.70. The molecular weight excluding hydrogens is 188 g/mol. The van der Waals surface area contributed by atoms with Crippen molar-refractivity contribution in [2.45, 2.75) is 19.9 Å². The Morgan fingerprint density at radius 2 is 1.91 bits per heavy atom. The van der Waals surface area contributed by atoms with Crippen LogP contribution in [-0.4, -0.2) is 26.8 Å². The third kappa shape index (κ3) is 8.06. The average molecular weight is 203 g/mol. The molecule has 0 aliphatic rings. The summed E-state index contributed by atoms with van der Waals surface area (Å²) in [6.07, 6.45) is 0. The van der Waals surface area contributed by atoms with Gasteiger partial charge in [-0.1, -0.05) is 0 Å². The zero-order chi connectivity index (χ0) is 8.20. The summed E-state index contributed by atoms with van der Waals surface area (Å²) in [6, 6.07) is -0.0449. The van der Waals surface area contributed by atoms with Crippen LogP contribution in [-0.2, 0) is 10.0 Å². The molecule has 6 heteroatoms. The SMILES string of the molecule is CC(C)NS(=O)(=O)CCN.Cl. The van der Waals surface area contributed by atoms with Crippen molar-refractivity contribution in [3.8, 4) is 0 Å². The average Bonchev–Trinajstić information content (AvgIpc) is 1.59. The van der Waals surface area contributed by atoms with Gasteiger partial charge in [0.05, 0.1) is 5.75 Å². The van der Waals surface area contributed by atoms with E-state index in [-0.39, 0.29) is 30.7 Å². The Balaban J connectivity index is 0. The molecule has 0 aromatic carbocycles. The molecule has 0 bridgehead atoms. The van der Waals surface area contributed by atoms with Crippen LogP contribution < -0.4 is 10.5 Å². The van der Waals surface area contributed by atoms with Crippen LogP contribution in [0.4, 0.5) is 0 Å². The van der Waals surface area contributed by atoms with Crippen molar-refractivity contribution in [2.75, 3.05) is 12.3 Å². The first-order valence-corrected chi connectivity index (χ1v) is 4.83. The van der Waals surface area contributed by atoms with E-state index < -0.39 is 10.0 Å². The third-order valence-electron chi connectivity index (χ3n) is 0.802. The van der Waals surface area contributed by atoms with E-state index in [1.807, 2.05) is 0 Å². The predicted molar refractivity (Wildman–Crippen MR) is 48.4 cm³/mol. The van der Waals surface area contributed by atoms with E-state index in [4.69, 9.17) is 5.73 Å². The molecule has 0 amide bonds. The van der Waals surface area contributed by atoms with E-state index in [2.05, 4.69) is 4.72 Å². The third-order valence-corrected chi connectivity index (χ3v) is 2.41. The maximum Gasteiger partial charge on any atom is 0.213 e. The van der Waals surface area contributed by atoms with Crippen molar-refractivity contribution in [1.82, 2.24) is 4.72 Å². The van der Waals surface area contributed by atoms with Crippen molar-refractivity contribution < 1.29 is 8.42 Å². The highest BCUT2D eigenvalue weighted by Crippen LogP contribution is 1.85. The van der Waals surface area contributed by atoms with Crippen LogP contribution in [0.5, 0.6) is 0 Å². The molecule has 0 radical (unpaired) electrons. The van der Waals surface area contributed by atoms with E-state index in [1.54, 1.807) is 13.8 Å². The minimum atomic E-state index is -3.11. The number of sulfonamides is 1. The van der Waals surface area contributed by atoms with Gasteiger partial charge in [-0.3, -0.25) is 0 Å². The van der Waals surface area contributed by atoms with Crippen LogP contribution in [0.1, 0.15) is 13.8 Å². The fourth-order valence-corrected chi connectivity index (χ4v) is 1.72. The Kier molecular flexibility index (Phi) is 7.20. The molecule has 11 heavy (non-hydrogen) atoms. The van der Waals surface area contributed by atoms with Crippen molar-refractivity contribution in [3.05, 3.63) is 0 Å². The van der Waals surface area contributed by atoms with Gasteiger partial charge in [0.15, 0.2) is 0 Å². The highest BCUT2D eigenvalue weighted by molar-refractivity contribution is 7.89. The molecule has 0 aliphatic heterocycles. The fraction of sp³-hybridized carbons (Fsp3) is 1.00. The molecule has 0 spiro atoms. The molecule has 0 saturated heterocycles. The second kappa shape index (κ2) is 5.77. The molecule has 0 fully saturated rings. The standard InChI is InChI=1S/C5H14N2O2S.ClH/c1-5(2)7-10(8,9)4-3-6;/h5,7H,3-4,6H2,1-2H3;1H. The van der Waals surface area contributed by atoms with Crippen LogP contribution in [0, 0.1) is 0 Å². The van der Waals surface area contributed by atoms with Gasteiger partial charge in [-0.15, -0.1) is 12.4 Å². The van der Waals surface area contributed by atoms with Crippen molar-refractivity contribution >= 4 is 22.4 Å². The van der Waals surface area contributed by atoms with Crippen molar-refractivity contribution in [1.29, 1.82) is 0 Å². The second-order valence-corrected chi connectivity index (χ2v) is 4.25. The normalized spacial score (nSPS) is 11.3. The Labute approximate surface area is 74.0 Å². The second-order valence-electron chi connectivity index (χ2n) is 2.38. The minimum absolute atomic E-state index is 0. The molecule has 0 unspecified atom stereocenters. The van der Waals surface area contributed by atoms with Crippen molar-refractivity contribution in [2.24, 2.45) is 5.73 Å². The molecule has 0 atom stereocenters. The van der Waals surface area contributed by atoms with E-state index in [1.165, 1.54) is 0 Å². The minimum Gasteiger partial charge on any atom is -0.329 e. The molecule has 0 aliphatic carbocycles. The summed E-state index contributed by atoms with van der Waals surface area (Å²) in [5.41, 5.74) is 5.07. The molecule has 0 aromatic heterocycles. The number of halogens is 1. The lowest BCUT2D eigenvalue weighted by Gasteiger charge is -2.07. The molecular formula is C5H15ClN2O2S. The molecule has 3 N–H and O–H groups in total. The summed E-state index contributed by atoms with van der Waals surface area (Å²) >= 11 is 0. The maximum atomic E-state index is 10.8. The summed E-state index contributed by atoms with van der Waals surface area (Å²) in [7, 11) is -3.11. The quantitative estimate of drug-likeness (QED) is 0.657. The van der Waals surface area contributed by atoms with Gasteiger partial charge in [0, 0.05) is 12.6 Å². The Morgan fingerprint density at radius 1 is 1.45 bits per heavy atom. The highest BCUT2D eigenvalue weighted by atomic mass is 35.5. The van der Waals surface area contributed by atoms with E-state index in [9.17, 15) is 8.42 Å². The largest absolute Gasteiger partial charge is 0.329 e. The van der Waals surface area contributed by atoms with Gasteiger partial charge in [0.25, 0.3) is 0 Å². The number of nitrogens with one attached hydrogen (secondary N) is 1. The number of hydrogen-bond acceptors (Lipinski definition) is 3. The zero-order valence-corrected chi connectivity index (χ0v) is 8.33. The number of rotatable bonds is 4. The van der Waals surface area contributed by atoms with Gasteiger partial charge in [-0.25, -0.2) is 13.1 Å². The summed E-state index contributed by atoms with van der Waals surface area (Å²) in [5, 5.41) is 0. The molecule has 70 valence electrons. The fourth-order valence-electron chi connectivity index (χ4n) is 0.573. The van der Waals surface area contributed by atoms with E-state index in [0.717, 1.165) is 0 Å². The van der Waals surface area contributed by atoms with E-state index in [0.29, 0.717) is 0 Å². The number of nitrogens with two attached hydrogens (primary N) is 1. The van der Waals surface area contributed by atoms with Crippen LogP contribution in [0.25, 0.3) is 0 Å². The Bertz CT molecular complexity index is 179. The lowest BCUT2D eigenvalue weighted by Crippen LogP contribution is -2.34. The molecule has 0 saturated carbocycles. The number of hydrogen-bond donors (Lipinski definition) is 2. The van der Waals surface area contributed by atoms with Gasteiger partial charge >= 0.3 is 0 Å². The lowest BCUT2D eigenvalue weighted by atomic mass is 10.4. The monoisotopic (exact) mass is 202 g/mol. The van der Waals surface area contributed by atoms with Crippen LogP contribution in [0.3, 0.4) is 0 Å². The van der Waals surface area contributed by atoms with Gasteiger partial charge in [-0.05, 0) is 13.8 Å². The topological polar surface area (TPSA) is 72.2 Å². The van der Waals surface area contributed by atoms with Crippen LogP contribution in [0.2, 0.25) is 0 Å². The van der Waals surface area contributed by atoms with Crippen molar-refractivity contribution in [3.63, 3.8) is 0 Å². The molecule has 0 aromatic rings. The summed E-state index contributed by atoms with van der Waals surface area (Å²) < 4.78 is 24.1. The molecule has 4 nitrogen and oxygen atoms in total. The summed E-state index contributed by atoms with van der Waals surface area (Å²) in [6.45, 7) is 3.71. The van der Waals surface area contributed by atoms with Gasteiger partial charge in [-0.2, -0.15) is 0 Å². The van der Waals surface area contributed by atoms with Gasteiger partial charge < -0.3 is 5.73 Å². The predicted octanol–water partition coefficient (Wildman–Crippen LogP) is -0.305. The van der Waals surface area contributed by atoms with Crippen LogP contribution >= 0.6 is 12.4 Å². The summed E-state index contributed by atoms with van der Waals surface area (Å²) in [4.78, 5) is 0. The van der Waals surface area contributed by atoms with Crippen LogP contribution in [0.15, 0.2) is 0 Å². The maximum absolute atomic E-state index is 10.8. The molecule has 0 rings (SSSR count). The smallest absolute Gasteiger partial charge is 0.213 e. The first kappa shape index (κ1) is 13.7. The lowest BCUT2D eigenvalue weighted by molar-refractivity contribution is 0.570. The van der Waals surface area contributed by atoms with E-state index >= 15 is 0 Å². The van der Waals surface area contributed by atoms with Gasteiger partial charge in [0.2, 0.25) is 10.0 Å². The summed E-state index contributed by atoms with van der Waals surface area (Å²) in [5.74, 6) is 0.00514. The Hall–Kier alpha value is 0.160. The Morgan fingerprint density at radius 3 is 2.18 bits per heavy atom.